The van der Waals surface area contributed by atoms with E-state index in [-0.39, 0.29) is 18.4 Å². The predicted octanol–water partition coefficient (Wildman–Crippen LogP) is 1.50. The van der Waals surface area contributed by atoms with Crippen LogP contribution in [0.1, 0.15) is 33.2 Å². The number of carbonyl (C=O) groups excluding carboxylic acids is 2. The molecule has 4 heterocycles. The number of pyridine rings is 2. The first-order valence-electron chi connectivity index (χ1n) is 9.00. The Morgan fingerprint density at radius 3 is 2.86 bits per heavy atom. The standard InChI is InChI=1S/C20H20N6O2/c1-14-5-16(9-22-6-14)20(28)25-11-17-10-23-13-26(17)18(12-25)19(27)24-8-15-3-2-4-21-7-15/h2-7,9-10,13,18H,8,11-12H2,1H3,(H,24,27)/t18-/m0/s1. The zero-order valence-electron chi connectivity index (χ0n) is 15.4. The highest BCUT2D eigenvalue weighted by Crippen LogP contribution is 2.23. The number of carbonyl (C=O) groups is 2. The maximum absolute atomic E-state index is 12.9. The fourth-order valence-corrected chi connectivity index (χ4v) is 3.32. The molecule has 8 heteroatoms. The first kappa shape index (κ1) is 17.8. The van der Waals surface area contributed by atoms with E-state index in [0.717, 1.165) is 16.8 Å². The summed E-state index contributed by atoms with van der Waals surface area (Å²) in [5.74, 6) is -0.309. The smallest absolute Gasteiger partial charge is 0.255 e. The number of fused-ring (bicyclic) bond motifs is 1. The third kappa shape index (κ3) is 3.62. The second-order valence-corrected chi connectivity index (χ2v) is 6.82. The third-order valence-electron chi connectivity index (χ3n) is 4.73. The van der Waals surface area contributed by atoms with E-state index in [9.17, 15) is 9.59 Å². The molecule has 0 bridgehead atoms. The van der Waals surface area contributed by atoms with Gasteiger partial charge in [0.15, 0.2) is 0 Å². The molecule has 0 aromatic carbocycles. The van der Waals surface area contributed by atoms with Gasteiger partial charge in [-0.05, 0) is 30.2 Å². The molecule has 3 aromatic heterocycles. The highest BCUT2D eigenvalue weighted by Gasteiger charge is 2.32. The van der Waals surface area contributed by atoms with Crippen molar-refractivity contribution >= 4 is 11.8 Å². The summed E-state index contributed by atoms with van der Waals surface area (Å²) in [6, 6.07) is 4.99. The van der Waals surface area contributed by atoms with Crippen LogP contribution in [0.4, 0.5) is 0 Å². The number of hydrogen-bond donors (Lipinski definition) is 1. The van der Waals surface area contributed by atoms with Gasteiger partial charge in [-0.2, -0.15) is 0 Å². The van der Waals surface area contributed by atoms with E-state index in [2.05, 4.69) is 20.3 Å². The predicted molar refractivity (Wildman–Crippen MR) is 101 cm³/mol. The Labute approximate surface area is 162 Å². The Hall–Kier alpha value is -3.55. The maximum atomic E-state index is 12.9. The molecule has 4 rings (SSSR count). The van der Waals surface area contributed by atoms with Crippen LogP contribution in [0.5, 0.6) is 0 Å². The molecule has 0 radical (unpaired) electrons. The topological polar surface area (TPSA) is 93.0 Å². The summed E-state index contributed by atoms with van der Waals surface area (Å²) in [6.45, 7) is 2.95. The van der Waals surface area contributed by atoms with Gasteiger partial charge in [0.05, 0.1) is 30.7 Å². The lowest BCUT2D eigenvalue weighted by molar-refractivity contribution is -0.125. The molecule has 1 aliphatic heterocycles. The highest BCUT2D eigenvalue weighted by molar-refractivity contribution is 5.94. The van der Waals surface area contributed by atoms with Crippen molar-refractivity contribution in [2.45, 2.75) is 26.1 Å². The fourth-order valence-electron chi connectivity index (χ4n) is 3.32. The van der Waals surface area contributed by atoms with Crippen molar-refractivity contribution in [2.24, 2.45) is 0 Å². The van der Waals surface area contributed by atoms with E-state index in [1.807, 2.05) is 23.6 Å². The number of rotatable bonds is 4. The molecule has 8 nitrogen and oxygen atoms in total. The van der Waals surface area contributed by atoms with Crippen LogP contribution in [0, 0.1) is 6.92 Å². The summed E-state index contributed by atoms with van der Waals surface area (Å²) < 4.78 is 1.83. The summed E-state index contributed by atoms with van der Waals surface area (Å²) in [4.78, 5) is 39.8. The molecule has 28 heavy (non-hydrogen) atoms. The first-order chi connectivity index (χ1) is 13.6. The summed E-state index contributed by atoms with van der Waals surface area (Å²) in [6.07, 6.45) is 9.99. The lowest BCUT2D eigenvalue weighted by atomic mass is 10.1. The molecule has 2 amide bonds. The Morgan fingerprint density at radius 1 is 1.18 bits per heavy atom. The number of nitrogens with zero attached hydrogens (tertiary/aromatic N) is 5. The molecule has 1 aliphatic rings. The van der Waals surface area contributed by atoms with Crippen LogP contribution in [0.2, 0.25) is 0 Å². The zero-order chi connectivity index (χ0) is 19.5. The van der Waals surface area contributed by atoms with Crippen molar-refractivity contribution in [3.8, 4) is 0 Å². The van der Waals surface area contributed by atoms with Gasteiger partial charge in [-0.1, -0.05) is 6.07 Å². The van der Waals surface area contributed by atoms with Gasteiger partial charge in [0, 0.05) is 37.5 Å². The number of aromatic nitrogens is 4. The van der Waals surface area contributed by atoms with E-state index in [1.54, 1.807) is 48.3 Å². The summed E-state index contributed by atoms with van der Waals surface area (Å²) in [5, 5.41) is 2.93. The fraction of sp³-hybridized carbons (Fsp3) is 0.250. The SMILES string of the molecule is Cc1cncc(C(=O)N2Cc3cncn3[C@H](C(=O)NCc3cccnc3)C2)c1. The van der Waals surface area contributed by atoms with Gasteiger partial charge in [-0.3, -0.25) is 19.6 Å². The van der Waals surface area contributed by atoms with Crippen LogP contribution in [0.3, 0.4) is 0 Å². The van der Waals surface area contributed by atoms with Gasteiger partial charge in [-0.25, -0.2) is 4.98 Å². The molecule has 0 unspecified atom stereocenters. The van der Waals surface area contributed by atoms with Crippen LogP contribution in [-0.2, 0) is 17.9 Å². The van der Waals surface area contributed by atoms with Crippen molar-refractivity contribution in [1.29, 1.82) is 0 Å². The molecule has 0 saturated heterocycles. The molecule has 1 atom stereocenters. The van der Waals surface area contributed by atoms with Crippen LogP contribution >= 0.6 is 0 Å². The third-order valence-corrected chi connectivity index (χ3v) is 4.73. The van der Waals surface area contributed by atoms with Crippen LogP contribution < -0.4 is 5.32 Å². The van der Waals surface area contributed by atoms with Crippen molar-refractivity contribution in [3.05, 3.63) is 77.9 Å². The normalized spacial score (nSPS) is 15.8. The molecule has 0 aliphatic carbocycles. The second-order valence-electron chi connectivity index (χ2n) is 6.82. The lowest BCUT2D eigenvalue weighted by Gasteiger charge is -2.33. The molecular weight excluding hydrogens is 356 g/mol. The number of aryl methyl sites for hydroxylation is 1. The van der Waals surface area contributed by atoms with Crippen LogP contribution in [0.25, 0.3) is 0 Å². The van der Waals surface area contributed by atoms with Crippen molar-refractivity contribution in [3.63, 3.8) is 0 Å². The number of nitrogens with one attached hydrogen (secondary N) is 1. The minimum atomic E-state index is -0.537. The minimum Gasteiger partial charge on any atom is -0.350 e. The van der Waals surface area contributed by atoms with Gasteiger partial charge < -0.3 is 14.8 Å². The van der Waals surface area contributed by atoms with E-state index < -0.39 is 6.04 Å². The Bertz CT molecular complexity index is 1000. The molecule has 0 saturated carbocycles. The van der Waals surface area contributed by atoms with Gasteiger partial charge in [0.25, 0.3) is 5.91 Å². The summed E-state index contributed by atoms with van der Waals surface area (Å²) in [7, 11) is 0. The van der Waals surface area contributed by atoms with Gasteiger partial charge in [0.2, 0.25) is 5.91 Å². The molecule has 0 spiro atoms. The van der Waals surface area contributed by atoms with E-state index in [1.165, 1.54) is 0 Å². The number of imidazole rings is 1. The second kappa shape index (κ2) is 7.59. The summed E-state index contributed by atoms with van der Waals surface area (Å²) in [5.41, 5.74) is 3.17. The average Bonchev–Trinajstić information content (AvgIpc) is 3.20. The van der Waals surface area contributed by atoms with E-state index in [0.29, 0.717) is 18.7 Å². The van der Waals surface area contributed by atoms with Crippen LogP contribution in [0.15, 0.2) is 55.5 Å². The molecule has 1 N–H and O–H groups in total. The molecule has 142 valence electrons. The first-order valence-corrected chi connectivity index (χ1v) is 9.00. The van der Waals surface area contributed by atoms with Crippen molar-refractivity contribution < 1.29 is 9.59 Å². The molecule has 0 fully saturated rings. The Balaban J connectivity index is 1.52. The van der Waals surface area contributed by atoms with Crippen LogP contribution in [-0.4, -0.2) is 42.8 Å². The maximum Gasteiger partial charge on any atom is 0.255 e. The van der Waals surface area contributed by atoms with Gasteiger partial charge >= 0.3 is 0 Å². The quantitative estimate of drug-likeness (QED) is 0.745. The molecule has 3 aromatic rings. The zero-order valence-corrected chi connectivity index (χ0v) is 15.4. The largest absolute Gasteiger partial charge is 0.350 e. The number of hydrogen-bond acceptors (Lipinski definition) is 5. The lowest BCUT2D eigenvalue weighted by Crippen LogP contribution is -2.46. The average molecular weight is 376 g/mol. The van der Waals surface area contributed by atoms with E-state index in [4.69, 9.17) is 0 Å². The monoisotopic (exact) mass is 376 g/mol. The highest BCUT2D eigenvalue weighted by atomic mass is 16.2. The summed E-state index contributed by atoms with van der Waals surface area (Å²) >= 11 is 0. The number of amides is 2. The molecular formula is C20H20N6O2. The Kier molecular flexibility index (Phi) is 4.84. The van der Waals surface area contributed by atoms with Gasteiger partial charge in [0.1, 0.15) is 6.04 Å². The Morgan fingerprint density at radius 2 is 2.07 bits per heavy atom. The van der Waals surface area contributed by atoms with Gasteiger partial charge in [-0.15, -0.1) is 0 Å². The minimum absolute atomic E-state index is 0.145. The van der Waals surface area contributed by atoms with Crippen molar-refractivity contribution in [1.82, 2.24) is 29.7 Å². The van der Waals surface area contributed by atoms with Crippen molar-refractivity contribution in [2.75, 3.05) is 6.54 Å². The van der Waals surface area contributed by atoms with E-state index >= 15 is 0 Å².